The molecule has 184 valence electrons. The van der Waals surface area contributed by atoms with Gasteiger partial charge in [-0.25, -0.2) is 9.97 Å². The minimum absolute atomic E-state index is 0. The number of pyridine rings is 1. The van der Waals surface area contributed by atoms with E-state index in [1.807, 2.05) is 35.7 Å². The third-order valence-corrected chi connectivity index (χ3v) is 7.95. The van der Waals surface area contributed by atoms with Crippen molar-refractivity contribution >= 4 is 82.8 Å². The number of amides is 1. The van der Waals surface area contributed by atoms with Gasteiger partial charge in [0.05, 0.1) is 21.5 Å². The van der Waals surface area contributed by atoms with E-state index >= 15 is 0 Å². The molecule has 0 saturated carbocycles. The summed E-state index contributed by atoms with van der Waals surface area (Å²) in [6, 6.07) is 11.4. The number of benzene rings is 1. The number of piperidine rings is 1. The fraction of sp³-hybridized carbons (Fsp3) is 0.318. The first-order valence-electron chi connectivity index (χ1n) is 10.2. The molecule has 12 heteroatoms. The van der Waals surface area contributed by atoms with Crippen molar-refractivity contribution in [2.45, 2.75) is 29.8 Å². The van der Waals surface area contributed by atoms with Crippen molar-refractivity contribution < 1.29 is 4.79 Å². The second kappa shape index (κ2) is 13.7. The number of thiazole rings is 1. The van der Waals surface area contributed by atoms with Crippen LogP contribution in [0.3, 0.4) is 0 Å². The van der Waals surface area contributed by atoms with Gasteiger partial charge in [0.1, 0.15) is 11.5 Å². The standard InChI is InChI=1S/C22H23Cl2N5OS2.2ClH/c23-16-5-4-14(10-17(16)24)11-29-8-6-15(7-9-29)26-21(30)13-32-22-28-19(12-31-22)18-2-1-3-20(25)27-18;;/h1-5,10,12,15H,6-9,11,13H2,(H2,25,27)(H,26,30);2*1H. The first-order chi connectivity index (χ1) is 15.5. The Morgan fingerprint density at radius 3 is 2.59 bits per heavy atom. The number of hydrogen-bond donors (Lipinski definition) is 2. The average Bonchev–Trinajstić information content (AvgIpc) is 3.26. The number of carbonyl (C=O) groups is 1. The molecule has 1 fully saturated rings. The van der Waals surface area contributed by atoms with Crippen molar-refractivity contribution in [3.63, 3.8) is 0 Å². The second-order valence-electron chi connectivity index (χ2n) is 7.60. The molecule has 0 radical (unpaired) electrons. The van der Waals surface area contributed by atoms with Crippen LogP contribution in [0.5, 0.6) is 0 Å². The molecule has 3 heterocycles. The number of halogens is 4. The maximum absolute atomic E-state index is 12.4. The fourth-order valence-corrected chi connectivity index (χ4v) is 5.52. The van der Waals surface area contributed by atoms with Gasteiger partial charge >= 0.3 is 0 Å². The minimum Gasteiger partial charge on any atom is -0.384 e. The molecule has 0 bridgehead atoms. The summed E-state index contributed by atoms with van der Waals surface area (Å²) >= 11 is 15.1. The summed E-state index contributed by atoms with van der Waals surface area (Å²) in [6.45, 7) is 2.70. The normalized spacial score (nSPS) is 14.2. The molecule has 0 unspecified atom stereocenters. The number of rotatable bonds is 7. The number of nitrogens with one attached hydrogen (secondary N) is 1. The van der Waals surface area contributed by atoms with Gasteiger partial charge in [-0.2, -0.15) is 0 Å². The van der Waals surface area contributed by atoms with Crippen molar-refractivity contribution in [3.8, 4) is 11.4 Å². The van der Waals surface area contributed by atoms with E-state index in [9.17, 15) is 4.79 Å². The van der Waals surface area contributed by atoms with Crippen molar-refractivity contribution in [3.05, 3.63) is 57.4 Å². The Morgan fingerprint density at radius 2 is 1.88 bits per heavy atom. The minimum atomic E-state index is 0. The van der Waals surface area contributed by atoms with Crippen LogP contribution in [0.1, 0.15) is 18.4 Å². The van der Waals surface area contributed by atoms with Gasteiger partial charge in [-0.05, 0) is 42.7 Å². The Bertz CT molecular complexity index is 1090. The van der Waals surface area contributed by atoms with Gasteiger partial charge in [0.25, 0.3) is 0 Å². The van der Waals surface area contributed by atoms with Gasteiger partial charge in [-0.15, -0.1) is 36.2 Å². The predicted molar refractivity (Wildman–Crippen MR) is 148 cm³/mol. The van der Waals surface area contributed by atoms with Crippen molar-refractivity contribution in [2.24, 2.45) is 0 Å². The van der Waals surface area contributed by atoms with Crippen LogP contribution in [0.4, 0.5) is 5.82 Å². The van der Waals surface area contributed by atoms with Gasteiger partial charge in [-0.3, -0.25) is 9.69 Å². The highest BCUT2D eigenvalue weighted by molar-refractivity contribution is 8.01. The van der Waals surface area contributed by atoms with Gasteiger partial charge in [0, 0.05) is 31.1 Å². The number of anilines is 1. The van der Waals surface area contributed by atoms with Gasteiger partial charge in [0.2, 0.25) is 5.91 Å². The average molecular weight is 581 g/mol. The molecule has 1 aliphatic rings. The zero-order chi connectivity index (χ0) is 22.5. The van der Waals surface area contributed by atoms with Crippen molar-refractivity contribution in [1.29, 1.82) is 0 Å². The third kappa shape index (κ3) is 8.16. The summed E-state index contributed by atoms with van der Waals surface area (Å²) in [4.78, 5) is 23.6. The molecular formula is C22H25Cl4N5OS2. The number of nitrogen functional groups attached to an aromatic ring is 1. The van der Waals surface area contributed by atoms with E-state index in [1.54, 1.807) is 6.07 Å². The number of thioether (sulfide) groups is 1. The monoisotopic (exact) mass is 579 g/mol. The molecule has 1 aromatic carbocycles. The Kier molecular flexibility index (Phi) is 11.7. The van der Waals surface area contributed by atoms with Crippen molar-refractivity contribution in [2.75, 3.05) is 24.6 Å². The molecule has 2 aromatic heterocycles. The highest BCUT2D eigenvalue weighted by Crippen LogP contribution is 2.28. The summed E-state index contributed by atoms with van der Waals surface area (Å²) < 4.78 is 0.843. The summed E-state index contributed by atoms with van der Waals surface area (Å²) in [5.41, 5.74) is 8.41. The lowest BCUT2D eigenvalue weighted by Gasteiger charge is -2.32. The molecule has 4 rings (SSSR count). The molecule has 1 aliphatic heterocycles. The maximum atomic E-state index is 12.4. The van der Waals surface area contributed by atoms with Crippen molar-refractivity contribution in [1.82, 2.24) is 20.2 Å². The number of nitrogens with zero attached hydrogens (tertiary/aromatic N) is 3. The molecule has 34 heavy (non-hydrogen) atoms. The Morgan fingerprint density at radius 1 is 1.12 bits per heavy atom. The van der Waals surface area contributed by atoms with E-state index in [0.29, 0.717) is 21.6 Å². The smallest absolute Gasteiger partial charge is 0.230 e. The Labute approximate surface area is 229 Å². The molecule has 0 spiro atoms. The molecule has 3 N–H and O–H groups in total. The number of carbonyl (C=O) groups excluding carboxylic acids is 1. The molecule has 1 saturated heterocycles. The van der Waals surface area contributed by atoms with Gasteiger partial charge in [0.15, 0.2) is 4.34 Å². The largest absolute Gasteiger partial charge is 0.384 e. The predicted octanol–water partition coefficient (Wildman–Crippen LogP) is 5.81. The molecule has 0 aliphatic carbocycles. The zero-order valence-electron chi connectivity index (χ0n) is 18.1. The van der Waals surface area contributed by atoms with E-state index in [0.717, 1.165) is 53.8 Å². The van der Waals surface area contributed by atoms with Crippen LogP contribution in [0.15, 0.2) is 46.1 Å². The number of nitrogens with two attached hydrogens (primary N) is 1. The topological polar surface area (TPSA) is 84.1 Å². The summed E-state index contributed by atoms with van der Waals surface area (Å²) in [6.07, 6.45) is 1.86. The maximum Gasteiger partial charge on any atom is 0.230 e. The molecule has 1 amide bonds. The van der Waals surface area contributed by atoms with Crippen LogP contribution < -0.4 is 11.1 Å². The molecule has 0 atom stereocenters. The SMILES string of the molecule is Cl.Cl.Nc1cccc(-c2csc(SCC(=O)NC3CCN(Cc4ccc(Cl)c(Cl)c4)CC3)n2)n1. The lowest BCUT2D eigenvalue weighted by Crippen LogP contribution is -2.44. The highest BCUT2D eigenvalue weighted by Gasteiger charge is 2.21. The number of aromatic nitrogens is 2. The Balaban J connectivity index is 0.00000204. The number of likely N-dealkylation sites (tertiary alicyclic amines) is 1. The molecule has 6 nitrogen and oxygen atoms in total. The summed E-state index contributed by atoms with van der Waals surface area (Å²) in [7, 11) is 0. The third-order valence-electron chi connectivity index (χ3n) is 5.19. The number of hydrogen-bond acceptors (Lipinski definition) is 7. The van der Waals surface area contributed by atoms with Crippen LogP contribution in [0.2, 0.25) is 10.0 Å². The van der Waals surface area contributed by atoms with E-state index in [-0.39, 0.29) is 36.8 Å². The van der Waals surface area contributed by atoms with E-state index in [1.165, 1.54) is 23.1 Å². The van der Waals surface area contributed by atoms with E-state index in [4.69, 9.17) is 28.9 Å². The first kappa shape index (κ1) is 29.0. The van der Waals surface area contributed by atoms with Crippen LogP contribution in [-0.4, -0.2) is 45.7 Å². The van der Waals surface area contributed by atoms with Crippen LogP contribution in [0, 0.1) is 0 Å². The van der Waals surface area contributed by atoms with Crippen LogP contribution >= 0.6 is 71.1 Å². The highest BCUT2D eigenvalue weighted by atomic mass is 35.5. The quantitative estimate of drug-likeness (QED) is 0.343. The van der Waals surface area contributed by atoms with Gasteiger partial charge < -0.3 is 11.1 Å². The zero-order valence-corrected chi connectivity index (χ0v) is 22.9. The van der Waals surface area contributed by atoms with E-state index < -0.39 is 0 Å². The van der Waals surface area contributed by atoms with Crippen LogP contribution in [0.25, 0.3) is 11.4 Å². The van der Waals surface area contributed by atoms with Gasteiger partial charge in [-0.1, -0.05) is 47.1 Å². The Hall–Kier alpha value is -1.26. The van der Waals surface area contributed by atoms with Crippen LogP contribution in [-0.2, 0) is 11.3 Å². The summed E-state index contributed by atoms with van der Waals surface area (Å²) in [5, 5.41) is 6.25. The van der Waals surface area contributed by atoms with E-state index in [2.05, 4.69) is 20.2 Å². The summed E-state index contributed by atoms with van der Waals surface area (Å²) in [5.74, 6) is 0.852. The molecular weight excluding hydrogens is 556 g/mol. The lowest BCUT2D eigenvalue weighted by molar-refractivity contribution is -0.119. The first-order valence-corrected chi connectivity index (χ1v) is 12.9. The fourth-order valence-electron chi connectivity index (χ4n) is 3.56. The molecule has 3 aromatic rings. The lowest BCUT2D eigenvalue weighted by atomic mass is 10.0. The second-order valence-corrected chi connectivity index (χ2v) is 10.5.